The number of ether oxygens (including phenoxy) is 1. The van der Waals surface area contributed by atoms with Crippen molar-refractivity contribution >= 4 is 11.6 Å². The number of amides is 1. The molecular formula is C18H20N4O2. The molecule has 0 saturated carbocycles. The number of aromatic nitrogens is 3. The monoisotopic (exact) mass is 324 g/mol. The fraction of sp³-hybridized carbons (Fsp3) is 0.278. The van der Waals surface area contributed by atoms with Crippen LogP contribution < -0.4 is 4.74 Å². The second-order valence-corrected chi connectivity index (χ2v) is 6.02. The summed E-state index contributed by atoms with van der Waals surface area (Å²) in [5.41, 5.74) is 3.09. The zero-order valence-corrected chi connectivity index (χ0v) is 14.2. The average Bonchev–Trinajstić information content (AvgIpc) is 2.99. The third-order valence-electron chi connectivity index (χ3n) is 3.55. The predicted octanol–water partition coefficient (Wildman–Crippen LogP) is 2.89. The zero-order valence-electron chi connectivity index (χ0n) is 14.2. The van der Waals surface area contributed by atoms with Gasteiger partial charge in [0.15, 0.2) is 0 Å². The van der Waals surface area contributed by atoms with Gasteiger partial charge in [-0.05, 0) is 26.0 Å². The summed E-state index contributed by atoms with van der Waals surface area (Å²) in [6.07, 6.45) is 5.31. The van der Waals surface area contributed by atoms with Gasteiger partial charge in [0, 0.05) is 37.6 Å². The predicted molar refractivity (Wildman–Crippen MR) is 92.2 cm³/mol. The van der Waals surface area contributed by atoms with Crippen molar-refractivity contribution in [2.24, 2.45) is 0 Å². The van der Waals surface area contributed by atoms with Crippen molar-refractivity contribution in [3.05, 3.63) is 48.4 Å². The van der Waals surface area contributed by atoms with Crippen molar-refractivity contribution in [1.82, 2.24) is 19.3 Å². The fourth-order valence-electron chi connectivity index (χ4n) is 2.49. The maximum atomic E-state index is 12.2. The minimum Gasteiger partial charge on any atom is -0.472 e. The van der Waals surface area contributed by atoms with Crippen molar-refractivity contribution in [3.63, 3.8) is 0 Å². The molecule has 0 aliphatic heterocycles. The molecule has 2 aromatic heterocycles. The Morgan fingerprint density at radius 3 is 2.75 bits per heavy atom. The van der Waals surface area contributed by atoms with Gasteiger partial charge in [0.2, 0.25) is 5.65 Å². The molecule has 3 rings (SSSR count). The number of rotatable bonds is 4. The van der Waals surface area contributed by atoms with Crippen LogP contribution in [0, 0.1) is 0 Å². The topological polar surface area (TPSA) is 59.7 Å². The fourth-order valence-corrected chi connectivity index (χ4v) is 2.49. The van der Waals surface area contributed by atoms with Gasteiger partial charge in [0.25, 0.3) is 11.8 Å². The summed E-state index contributed by atoms with van der Waals surface area (Å²) in [6, 6.07) is 7.51. The van der Waals surface area contributed by atoms with Crippen LogP contribution in [0.5, 0.6) is 5.88 Å². The lowest BCUT2D eigenvalue weighted by Crippen LogP contribution is -2.21. The Kier molecular flexibility index (Phi) is 4.20. The van der Waals surface area contributed by atoms with Crippen LogP contribution in [0.4, 0.5) is 0 Å². The van der Waals surface area contributed by atoms with Crippen LogP contribution in [0.2, 0.25) is 0 Å². The molecule has 0 aliphatic carbocycles. The van der Waals surface area contributed by atoms with Crippen LogP contribution in [-0.2, 0) is 0 Å². The lowest BCUT2D eigenvalue weighted by Gasteiger charge is -2.11. The summed E-state index contributed by atoms with van der Waals surface area (Å²) in [5, 5.41) is 0. The smallest absolute Gasteiger partial charge is 0.258 e. The molecule has 0 atom stereocenters. The lowest BCUT2D eigenvalue weighted by molar-refractivity contribution is 0.0827. The molecule has 3 aromatic rings. The molecule has 24 heavy (non-hydrogen) atoms. The van der Waals surface area contributed by atoms with Crippen LogP contribution >= 0.6 is 0 Å². The number of carbonyl (C=O) groups is 1. The van der Waals surface area contributed by atoms with Gasteiger partial charge in [-0.2, -0.15) is 0 Å². The van der Waals surface area contributed by atoms with Gasteiger partial charge in [0.1, 0.15) is 0 Å². The molecule has 6 nitrogen and oxygen atoms in total. The quantitative estimate of drug-likeness (QED) is 0.740. The largest absolute Gasteiger partial charge is 0.472 e. The van der Waals surface area contributed by atoms with Crippen LogP contribution in [0.3, 0.4) is 0 Å². The molecule has 0 radical (unpaired) electrons. The number of carbonyl (C=O) groups excluding carboxylic acids is 1. The average molecular weight is 324 g/mol. The van der Waals surface area contributed by atoms with Gasteiger partial charge < -0.3 is 9.64 Å². The second kappa shape index (κ2) is 6.31. The molecular weight excluding hydrogens is 304 g/mol. The molecule has 124 valence electrons. The summed E-state index contributed by atoms with van der Waals surface area (Å²) in [5.74, 6) is 0.468. The first-order valence-corrected chi connectivity index (χ1v) is 7.78. The Morgan fingerprint density at radius 1 is 1.25 bits per heavy atom. The molecule has 0 aliphatic rings. The molecule has 1 amide bonds. The molecule has 0 bridgehead atoms. The number of hydrogen-bond donors (Lipinski definition) is 0. The van der Waals surface area contributed by atoms with Crippen LogP contribution in [-0.4, -0.2) is 45.4 Å². The third-order valence-corrected chi connectivity index (χ3v) is 3.55. The number of fused-ring (bicyclic) bond motifs is 1. The number of benzene rings is 1. The standard InChI is InChI=1S/C18H20N4O2/c1-12(2)24-17-16-20-11-15(22(16)9-8-19-17)13-6-5-7-14(10-13)18(23)21(3)4/h5-12H,1-4H3. The number of imidazole rings is 1. The highest BCUT2D eigenvalue weighted by Gasteiger charge is 2.14. The first kappa shape index (κ1) is 16.0. The van der Waals surface area contributed by atoms with E-state index in [1.54, 1.807) is 31.4 Å². The Morgan fingerprint density at radius 2 is 2.04 bits per heavy atom. The van der Waals surface area contributed by atoms with Crippen molar-refractivity contribution in [2.75, 3.05) is 14.1 Å². The molecule has 6 heteroatoms. The normalized spacial score (nSPS) is 11.0. The molecule has 1 aromatic carbocycles. The van der Waals surface area contributed by atoms with Gasteiger partial charge in [-0.25, -0.2) is 9.97 Å². The maximum absolute atomic E-state index is 12.2. The molecule has 0 unspecified atom stereocenters. The Labute approximate surface area is 140 Å². The molecule has 0 saturated heterocycles. The van der Waals surface area contributed by atoms with Gasteiger partial charge in [-0.15, -0.1) is 0 Å². The van der Waals surface area contributed by atoms with Gasteiger partial charge in [-0.1, -0.05) is 12.1 Å². The van der Waals surface area contributed by atoms with E-state index in [-0.39, 0.29) is 12.0 Å². The summed E-state index contributed by atoms with van der Waals surface area (Å²) in [6.45, 7) is 3.90. The van der Waals surface area contributed by atoms with E-state index in [1.165, 1.54) is 0 Å². The summed E-state index contributed by atoms with van der Waals surface area (Å²) in [4.78, 5) is 22.4. The SMILES string of the molecule is CC(C)Oc1nccn2c(-c3cccc(C(=O)N(C)C)c3)cnc12. The van der Waals surface area contributed by atoms with E-state index in [1.807, 2.05) is 48.7 Å². The van der Waals surface area contributed by atoms with E-state index in [9.17, 15) is 4.79 Å². The minimum atomic E-state index is -0.0313. The minimum absolute atomic E-state index is 0.0184. The zero-order chi connectivity index (χ0) is 17.3. The highest BCUT2D eigenvalue weighted by molar-refractivity contribution is 5.95. The molecule has 0 N–H and O–H groups in total. The van der Waals surface area contributed by atoms with Gasteiger partial charge in [-0.3, -0.25) is 9.20 Å². The second-order valence-electron chi connectivity index (χ2n) is 6.02. The summed E-state index contributed by atoms with van der Waals surface area (Å²) in [7, 11) is 3.48. The third kappa shape index (κ3) is 2.95. The van der Waals surface area contributed by atoms with E-state index in [4.69, 9.17) is 4.74 Å². The van der Waals surface area contributed by atoms with Crippen molar-refractivity contribution < 1.29 is 9.53 Å². The van der Waals surface area contributed by atoms with Crippen LogP contribution in [0.15, 0.2) is 42.9 Å². The maximum Gasteiger partial charge on any atom is 0.258 e. The van der Waals surface area contributed by atoms with E-state index in [0.29, 0.717) is 17.1 Å². The van der Waals surface area contributed by atoms with E-state index < -0.39 is 0 Å². The number of hydrogen-bond acceptors (Lipinski definition) is 4. The van der Waals surface area contributed by atoms with Crippen LogP contribution in [0.25, 0.3) is 16.9 Å². The Bertz CT molecular complexity index is 884. The van der Waals surface area contributed by atoms with E-state index in [2.05, 4.69) is 9.97 Å². The van der Waals surface area contributed by atoms with E-state index in [0.717, 1.165) is 11.3 Å². The Hall–Kier alpha value is -2.89. The summed E-state index contributed by atoms with van der Waals surface area (Å²) < 4.78 is 7.64. The van der Waals surface area contributed by atoms with Gasteiger partial charge >= 0.3 is 0 Å². The van der Waals surface area contributed by atoms with Crippen molar-refractivity contribution in [3.8, 4) is 17.1 Å². The van der Waals surface area contributed by atoms with Gasteiger partial charge in [0.05, 0.1) is 18.0 Å². The first-order valence-electron chi connectivity index (χ1n) is 7.78. The van der Waals surface area contributed by atoms with E-state index >= 15 is 0 Å². The first-order chi connectivity index (χ1) is 11.5. The van der Waals surface area contributed by atoms with Crippen molar-refractivity contribution in [2.45, 2.75) is 20.0 Å². The highest BCUT2D eigenvalue weighted by Crippen LogP contribution is 2.25. The van der Waals surface area contributed by atoms with Crippen molar-refractivity contribution in [1.29, 1.82) is 0 Å². The lowest BCUT2D eigenvalue weighted by atomic mass is 10.1. The molecule has 0 fully saturated rings. The number of nitrogens with zero attached hydrogens (tertiary/aromatic N) is 4. The Balaban J connectivity index is 2.08. The highest BCUT2D eigenvalue weighted by atomic mass is 16.5. The molecule has 2 heterocycles. The molecule has 0 spiro atoms. The summed E-state index contributed by atoms with van der Waals surface area (Å²) >= 11 is 0. The van der Waals surface area contributed by atoms with Crippen LogP contribution in [0.1, 0.15) is 24.2 Å².